The second-order valence-corrected chi connectivity index (χ2v) is 6.11. The van der Waals surface area contributed by atoms with E-state index in [-0.39, 0.29) is 12.6 Å². The number of nitrogens with one attached hydrogen (secondary N) is 1. The van der Waals surface area contributed by atoms with Gasteiger partial charge in [-0.2, -0.15) is 0 Å². The van der Waals surface area contributed by atoms with Crippen LogP contribution in [0.4, 0.5) is 4.79 Å². The van der Waals surface area contributed by atoms with Crippen LogP contribution in [0.1, 0.15) is 33.3 Å². The van der Waals surface area contributed by atoms with Crippen LogP contribution in [0.15, 0.2) is 42.0 Å². The van der Waals surface area contributed by atoms with Crippen molar-refractivity contribution >= 4 is 6.09 Å². The standard InChI is InChI=1S/C17H25NO3/c1-13(12-19)10-15(11-14-8-6-5-7-9-14)18-16(20)21-17(2,3)4/h5-10,15,19H,11-12H2,1-4H3,(H,18,20)/b13-10+/t15-/m1/s1. The second-order valence-electron chi connectivity index (χ2n) is 6.11. The third kappa shape index (κ3) is 7.51. The van der Waals surface area contributed by atoms with E-state index in [0.29, 0.717) is 6.42 Å². The number of alkyl carbamates (subject to hydrolysis) is 1. The highest BCUT2D eigenvalue weighted by molar-refractivity contribution is 5.68. The Morgan fingerprint density at radius 1 is 1.33 bits per heavy atom. The SMILES string of the molecule is C/C(=C\[C@H](Cc1ccccc1)NC(=O)OC(C)(C)C)CO. The molecule has 1 atom stereocenters. The molecule has 4 nitrogen and oxygen atoms in total. The molecule has 0 saturated carbocycles. The van der Waals surface area contributed by atoms with Crippen molar-refractivity contribution in [3.05, 3.63) is 47.5 Å². The summed E-state index contributed by atoms with van der Waals surface area (Å²) in [6.45, 7) is 7.28. The van der Waals surface area contributed by atoms with E-state index in [0.717, 1.165) is 11.1 Å². The van der Waals surface area contributed by atoms with E-state index in [9.17, 15) is 4.79 Å². The Morgan fingerprint density at radius 3 is 2.48 bits per heavy atom. The van der Waals surface area contributed by atoms with E-state index in [1.54, 1.807) is 0 Å². The molecule has 116 valence electrons. The normalized spacial score (nSPS) is 13.7. The van der Waals surface area contributed by atoms with E-state index in [2.05, 4.69) is 5.32 Å². The number of amides is 1. The summed E-state index contributed by atoms with van der Waals surface area (Å²) in [5.74, 6) is 0. The summed E-state index contributed by atoms with van der Waals surface area (Å²) < 4.78 is 5.28. The highest BCUT2D eigenvalue weighted by Gasteiger charge is 2.18. The lowest BCUT2D eigenvalue weighted by Crippen LogP contribution is -2.39. The van der Waals surface area contributed by atoms with Crippen molar-refractivity contribution in [1.29, 1.82) is 0 Å². The van der Waals surface area contributed by atoms with Crippen molar-refractivity contribution in [3.63, 3.8) is 0 Å². The summed E-state index contributed by atoms with van der Waals surface area (Å²) in [6.07, 6.45) is 2.05. The maximum absolute atomic E-state index is 11.9. The van der Waals surface area contributed by atoms with Crippen LogP contribution in [0.25, 0.3) is 0 Å². The van der Waals surface area contributed by atoms with Crippen LogP contribution in [-0.4, -0.2) is 29.4 Å². The molecule has 0 aliphatic carbocycles. The lowest BCUT2D eigenvalue weighted by atomic mass is 10.0. The van der Waals surface area contributed by atoms with Crippen LogP contribution in [0, 0.1) is 0 Å². The third-order valence-electron chi connectivity index (χ3n) is 2.74. The number of rotatable bonds is 5. The zero-order valence-electron chi connectivity index (χ0n) is 13.2. The fourth-order valence-corrected chi connectivity index (χ4v) is 1.87. The fourth-order valence-electron chi connectivity index (χ4n) is 1.87. The molecule has 2 N–H and O–H groups in total. The molecular weight excluding hydrogens is 266 g/mol. The molecule has 0 radical (unpaired) electrons. The minimum Gasteiger partial charge on any atom is -0.444 e. The van der Waals surface area contributed by atoms with Crippen LogP contribution in [0.2, 0.25) is 0 Å². The molecule has 0 aliphatic heterocycles. The number of hydrogen-bond donors (Lipinski definition) is 2. The predicted molar refractivity (Wildman–Crippen MR) is 84.1 cm³/mol. The van der Waals surface area contributed by atoms with Crippen molar-refractivity contribution in [3.8, 4) is 0 Å². The highest BCUT2D eigenvalue weighted by Crippen LogP contribution is 2.10. The molecule has 1 amide bonds. The quantitative estimate of drug-likeness (QED) is 0.820. The van der Waals surface area contributed by atoms with Gasteiger partial charge < -0.3 is 15.2 Å². The van der Waals surface area contributed by atoms with Gasteiger partial charge in [0.25, 0.3) is 0 Å². The molecule has 0 aliphatic rings. The maximum Gasteiger partial charge on any atom is 0.408 e. The average Bonchev–Trinajstić information content (AvgIpc) is 2.37. The first-order chi connectivity index (χ1) is 9.80. The second kappa shape index (κ2) is 7.84. The molecule has 0 unspecified atom stereocenters. The number of aliphatic hydroxyl groups is 1. The van der Waals surface area contributed by atoms with Crippen molar-refractivity contribution in [2.24, 2.45) is 0 Å². The fraction of sp³-hybridized carbons (Fsp3) is 0.471. The number of benzene rings is 1. The molecular formula is C17H25NO3. The first-order valence-corrected chi connectivity index (χ1v) is 7.12. The number of carbonyl (C=O) groups excluding carboxylic acids is 1. The summed E-state index contributed by atoms with van der Waals surface area (Å²) in [5, 5.41) is 12.0. The van der Waals surface area contributed by atoms with Gasteiger partial charge in [0, 0.05) is 0 Å². The summed E-state index contributed by atoms with van der Waals surface area (Å²) in [7, 11) is 0. The number of ether oxygens (including phenoxy) is 1. The Bertz CT molecular complexity index is 475. The Hall–Kier alpha value is -1.81. The molecule has 4 heteroatoms. The topological polar surface area (TPSA) is 58.6 Å². The lowest BCUT2D eigenvalue weighted by molar-refractivity contribution is 0.0514. The van der Waals surface area contributed by atoms with E-state index < -0.39 is 11.7 Å². The van der Waals surface area contributed by atoms with Gasteiger partial charge in [0.2, 0.25) is 0 Å². The molecule has 0 fully saturated rings. The molecule has 1 aromatic carbocycles. The first kappa shape index (κ1) is 17.2. The number of carbonyl (C=O) groups is 1. The molecule has 0 saturated heterocycles. The smallest absolute Gasteiger partial charge is 0.408 e. The van der Waals surface area contributed by atoms with Crippen LogP contribution in [-0.2, 0) is 11.2 Å². The van der Waals surface area contributed by atoms with Crippen LogP contribution < -0.4 is 5.32 Å². The summed E-state index contributed by atoms with van der Waals surface area (Å²) in [5.41, 5.74) is 1.39. The monoisotopic (exact) mass is 291 g/mol. The van der Waals surface area contributed by atoms with Gasteiger partial charge >= 0.3 is 6.09 Å². The van der Waals surface area contributed by atoms with Gasteiger partial charge in [0.15, 0.2) is 0 Å². The Labute approximate surface area is 126 Å². The highest BCUT2D eigenvalue weighted by atomic mass is 16.6. The zero-order chi connectivity index (χ0) is 15.9. The largest absolute Gasteiger partial charge is 0.444 e. The first-order valence-electron chi connectivity index (χ1n) is 7.12. The average molecular weight is 291 g/mol. The summed E-state index contributed by atoms with van der Waals surface area (Å²) in [6, 6.07) is 9.67. The minimum atomic E-state index is -0.531. The van der Waals surface area contributed by atoms with Crippen LogP contribution in [0.3, 0.4) is 0 Å². The van der Waals surface area contributed by atoms with Gasteiger partial charge in [0.05, 0.1) is 12.6 Å². The van der Waals surface area contributed by atoms with Gasteiger partial charge in [-0.25, -0.2) is 4.79 Å². The lowest BCUT2D eigenvalue weighted by Gasteiger charge is -2.22. The van der Waals surface area contributed by atoms with Crippen molar-refractivity contribution < 1.29 is 14.6 Å². The van der Waals surface area contributed by atoms with E-state index in [4.69, 9.17) is 9.84 Å². The zero-order valence-corrected chi connectivity index (χ0v) is 13.2. The van der Waals surface area contributed by atoms with E-state index >= 15 is 0 Å². The van der Waals surface area contributed by atoms with Crippen molar-refractivity contribution in [2.45, 2.75) is 45.8 Å². The Morgan fingerprint density at radius 2 is 1.95 bits per heavy atom. The number of aliphatic hydroxyl groups excluding tert-OH is 1. The molecule has 0 bridgehead atoms. The Balaban J connectivity index is 2.76. The number of hydrogen-bond acceptors (Lipinski definition) is 3. The van der Waals surface area contributed by atoms with E-state index in [1.807, 2.05) is 64.1 Å². The third-order valence-corrected chi connectivity index (χ3v) is 2.74. The van der Waals surface area contributed by atoms with Gasteiger partial charge in [-0.05, 0) is 39.7 Å². The van der Waals surface area contributed by atoms with Gasteiger partial charge in [-0.15, -0.1) is 0 Å². The molecule has 0 spiro atoms. The van der Waals surface area contributed by atoms with Crippen LogP contribution in [0.5, 0.6) is 0 Å². The molecule has 1 aromatic rings. The molecule has 0 aromatic heterocycles. The molecule has 0 heterocycles. The van der Waals surface area contributed by atoms with Crippen LogP contribution >= 0.6 is 0 Å². The Kier molecular flexibility index (Phi) is 6.43. The van der Waals surface area contributed by atoms with Gasteiger partial charge in [-0.1, -0.05) is 42.0 Å². The molecule has 1 rings (SSSR count). The van der Waals surface area contributed by atoms with Crippen molar-refractivity contribution in [2.75, 3.05) is 6.61 Å². The summed E-state index contributed by atoms with van der Waals surface area (Å²) >= 11 is 0. The summed E-state index contributed by atoms with van der Waals surface area (Å²) in [4.78, 5) is 11.9. The van der Waals surface area contributed by atoms with Crippen molar-refractivity contribution in [1.82, 2.24) is 5.32 Å². The minimum absolute atomic E-state index is 0.0265. The van der Waals surface area contributed by atoms with Gasteiger partial charge in [-0.3, -0.25) is 0 Å². The van der Waals surface area contributed by atoms with E-state index in [1.165, 1.54) is 0 Å². The van der Waals surface area contributed by atoms with Gasteiger partial charge in [0.1, 0.15) is 5.60 Å². The molecule has 21 heavy (non-hydrogen) atoms. The maximum atomic E-state index is 11.9. The predicted octanol–water partition coefficient (Wildman–Crippen LogP) is 3.06.